The Labute approximate surface area is 166 Å². The Kier molecular flexibility index (Phi) is 6.05. The zero-order chi connectivity index (χ0) is 20.1. The lowest BCUT2D eigenvalue weighted by Crippen LogP contribution is -2.15. The number of carbonyl (C=O) groups excluding carboxylic acids is 2. The van der Waals surface area contributed by atoms with Gasteiger partial charge in [-0.1, -0.05) is 30.0 Å². The summed E-state index contributed by atoms with van der Waals surface area (Å²) in [5.74, 6) is -0.151. The number of benzene rings is 2. The van der Waals surface area contributed by atoms with E-state index in [4.69, 9.17) is 0 Å². The molecule has 3 rings (SSSR count). The van der Waals surface area contributed by atoms with Gasteiger partial charge in [-0.3, -0.25) is 9.59 Å². The Bertz CT molecular complexity index is 980. The van der Waals surface area contributed by atoms with E-state index in [9.17, 15) is 9.59 Å². The number of rotatable bonds is 6. The van der Waals surface area contributed by atoms with Crippen molar-refractivity contribution in [1.82, 2.24) is 20.2 Å². The van der Waals surface area contributed by atoms with Crippen LogP contribution in [-0.2, 0) is 9.59 Å². The van der Waals surface area contributed by atoms with Gasteiger partial charge in [0.2, 0.25) is 17.0 Å². The van der Waals surface area contributed by atoms with Crippen molar-refractivity contribution >= 4 is 35.0 Å². The quantitative estimate of drug-likeness (QED) is 0.621. The molecule has 144 valence electrons. The number of aromatic nitrogens is 4. The van der Waals surface area contributed by atoms with E-state index in [2.05, 4.69) is 26.2 Å². The molecule has 0 radical (unpaired) electrons. The van der Waals surface area contributed by atoms with Gasteiger partial charge in [0.15, 0.2) is 0 Å². The number of hydrogen-bond acceptors (Lipinski definition) is 6. The van der Waals surface area contributed by atoms with E-state index in [0.29, 0.717) is 16.5 Å². The molecule has 0 fully saturated rings. The highest BCUT2D eigenvalue weighted by Crippen LogP contribution is 2.23. The Hall–Kier alpha value is -3.20. The molecule has 0 spiro atoms. The van der Waals surface area contributed by atoms with Crippen molar-refractivity contribution < 1.29 is 9.59 Å². The van der Waals surface area contributed by atoms with Gasteiger partial charge < -0.3 is 10.6 Å². The lowest BCUT2D eigenvalue weighted by atomic mass is 10.1. The first-order valence-electron chi connectivity index (χ1n) is 8.59. The average Bonchev–Trinajstić information content (AvgIpc) is 3.09. The van der Waals surface area contributed by atoms with Gasteiger partial charge in [-0.15, -0.1) is 5.10 Å². The number of carbonyl (C=O) groups is 2. The second-order valence-electron chi connectivity index (χ2n) is 6.21. The number of amides is 2. The first-order valence-corrected chi connectivity index (χ1v) is 9.58. The SMILES string of the molecule is CC(=O)Nc1ccc(NC(=O)CSc2nnnn2-c2c(C)cccc2C)cc1. The molecule has 0 aliphatic heterocycles. The number of anilines is 2. The summed E-state index contributed by atoms with van der Waals surface area (Å²) in [7, 11) is 0. The van der Waals surface area contributed by atoms with Crippen LogP contribution >= 0.6 is 11.8 Å². The third-order valence-electron chi connectivity index (χ3n) is 3.91. The van der Waals surface area contributed by atoms with Gasteiger partial charge in [-0.05, 0) is 59.7 Å². The van der Waals surface area contributed by atoms with E-state index in [0.717, 1.165) is 16.8 Å². The molecule has 2 amide bonds. The Balaban J connectivity index is 1.63. The van der Waals surface area contributed by atoms with E-state index in [1.54, 1.807) is 28.9 Å². The number of nitrogens with one attached hydrogen (secondary N) is 2. The van der Waals surface area contributed by atoms with Gasteiger partial charge in [0.25, 0.3) is 0 Å². The third-order valence-corrected chi connectivity index (χ3v) is 4.83. The fourth-order valence-electron chi connectivity index (χ4n) is 2.72. The number of tetrazole rings is 1. The van der Waals surface area contributed by atoms with E-state index in [1.807, 2.05) is 32.0 Å². The second-order valence-corrected chi connectivity index (χ2v) is 7.15. The summed E-state index contributed by atoms with van der Waals surface area (Å²) >= 11 is 1.26. The standard InChI is InChI=1S/C19H20N6O2S/c1-12-5-4-6-13(2)18(12)25-19(22-23-24-25)28-11-17(27)21-16-9-7-15(8-10-16)20-14(3)26/h4-10H,11H2,1-3H3,(H,20,26)(H,21,27). The van der Waals surface area contributed by atoms with E-state index in [-0.39, 0.29) is 17.6 Å². The first kappa shape index (κ1) is 19.6. The highest BCUT2D eigenvalue weighted by Gasteiger charge is 2.15. The fourth-order valence-corrected chi connectivity index (χ4v) is 3.39. The third kappa shape index (κ3) is 4.74. The molecule has 9 heteroatoms. The summed E-state index contributed by atoms with van der Waals surface area (Å²) in [5.41, 5.74) is 4.35. The summed E-state index contributed by atoms with van der Waals surface area (Å²) in [6.45, 7) is 5.44. The largest absolute Gasteiger partial charge is 0.326 e. The summed E-state index contributed by atoms with van der Waals surface area (Å²) in [6, 6.07) is 12.9. The molecule has 0 aliphatic rings. The van der Waals surface area contributed by atoms with Crippen LogP contribution in [0.5, 0.6) is 0 Å². The number of para-hydroxylation sites is 1. The van der Waals surface area contributed by atoms with Crippen LogP contribution < -0.4 is 10.6 Å². The maximum Gasteiger partial charge on any atom is 0.234 e. The lowest BCUT2D eigenvalue weighted by Gasteiger charge is -2.10. The Morgan fingerprint density at radius 2 is 1.61 bits per heavy atom. The van der Waals surface area contributed by atoms with Gasteiger partial charge in [-0.2, -0.15) is 4.68 Å². The van der Waals surface area contributed by atoms with Crippen LogP contribution in [0, 0.1) is 13.8 Å². The summed E-state index contributed by atoms with van der Waals surface area (Å²) < 4.78 is 1.66. The zero-order valence-electron chi connectivity index (χ0n) is 15.8. The summed E-state index contributed by atoms with van der Waals surface area (Å²) in [4.78, 5) is 23.3. The van der Waals surface area contributed by atoms with Crippen LogP contribution in [0.25, 0.3) is 5.69 Å². The number of aryl methyl sites for hydroxylation is 2. The van der Waals surface area contributed by atoms with Gasteiger partial charge in [0.1, 0.15) is 0 Å². The number of nitrogens with zero attached hydrogens (tertiary/aromatic N) is 4. The topological polar surface area (TPSA) is 102 Å². The minimum absolute atomic E-state index is 0.144. The Morgan fingerprint density at radius 1 is 1.00 bits per heavy atom. The van der Waals surface area contributed by atoms with Crippen molar-refractivity contribution in [3.8, 4) is 5.69 Å². The molecule has 1 heterocycles. The predicted molar refractivity (Wildman–Crippen MR) is 109 cm³/mol. The maximum absolute atomic E-state index is 12.3. The molecule has 8 nitrogen and oxygen atoms in total. The van der Waals surface area contributed by atoms with Crippen molar-refractivity contribution in [2.75, 3.05) is 16.4 Å². The molecule has 0 saturated carbocycles. The highest BCUT2D eigenvalue weighted by atomic mass is 32.2. The predicted octanol–water partition coefficient (Wildman–Crippen LogP) is 2.97. The molecular weight excluding hydrogens is 376 g/mol. The van der Waals surface area contributed by atoms with Gasteiger partial charge in [0, 0.05) is 18.3 Å². The highest BCUT2D eigenvalue weighted by molar-refractivity contribution is 7.99. The van der Waals surface area contributed by atoms with Gasteiger partial charge in [0.05, 0.1) is 11.4 Å². The molecule has 0 aliphatic carbocycles. The van der Waals surface area contributed by atoms with Crippen LogP contribution in [0.1, 0.15) is 18.1 Å². The number of thioether (sulfide) groups is 1. The van der Waals surface area contributed by atoms with Crippen molar-refractivity contribution in [2.24, 2.45) is 0 Å². The molecule has 0 bridgehead atoms. The molecular formula is C19H20N6O2S. The van der Waals surface area contributed by atoms with Crippen LogP contribution in [0.4, 0.5) is 11.4 Å². The van der Waals surface area contributed by atoms with Crippen LogP contribution in [0.3, 0.4) is 0 Å². The second kappa shape index (κ2) is 8.66. The summed E-state index contributed by atoms with van der Waals surface area (Å²) in [6.07, 6.45) is 0. The Morgan fingerprint density at radius 3 is 2.21 bits per heavy atom. The first-order chi connectivity index (χ1) is 13.4. The van der Waals surface area contributed by atoms with Crippen molar-refractivity contribution in [2.45, 2.75) is 25.9 Å². The normalized spacial score (nSPS) is 10.5. The fraction of sp³-hybridized carbons (Fsp3) is 0.211. The van der Waals surface area contributed by atoms with Crippen molar-refractivity contribution in [3.63, 3.8) is 0 Å². The van der Waals surface area contributed by atoms with Crippen LogP contribution in [-0.4, -0.2) is 37.8 Å². The number of hydrogen-bond donors (Lipinski definition) is 2. The van der Waals surface area contributed by atoms with Gasteiger partial charge in [-0.25, -0.2) is 0 Å². The molecule has 1 aromatic heterocycles. The van der Waals surface area contributed by atoms with E-state index >= 15 is 0 Å². The summed E-state index contributed by atoms with van der Waals surface area (Å²) in [5, 5.41) is 17.9. The monoisotopic (exact) mass is 396 g/mol. The molecule has 0 unspecified atom stereocenters. The maximum atomic E-state index is 12.3. The molecule has 28 heavy (non-hydrogen) atoms. The molecule has 3 aromatic rings. The van der Waals surface area contributed by atoms with Crippen molar-refractivity contribution in [1.29, 1.82) is 0 Å². The molecule has 0 saturated heterocycles. The van der Waals surface area contributed by atoms with Crippen LogP contribution in [0.15, 0.2) is 47.6 Å². The smallest absolute Gasteiger partial charge is 0.234 e. The molecule has 2 N–H and O–H groups in total. The lowest BCUT2D eigenvalue weighted by molar-refractivity contribution is -0.114. The molecule has 0 atom stereocenters. The molecule has 2 aromatic carbocycles. The minimum Gasteiger partial charge on any atom is -0.326 e. The minimum atomic E-state index is -0.173. The zero-order valence-corrected chi connectivity index (χ0v) is 16.6. The van der Waals surface area contributed by atoms with E-state index < -0.39 is 0 Å². The van der Waals surface area contributed by atoms with Crippen molar-refractivity contribution in [3.05, 3.63) is 53.6 Å². The van der Waals surface area contributed by atoms with Gasteiger partial charge >= 0.3 is 0 Å². The average molecular weight is 396 g/mol. The van der Waals surface area contributed by atoms with E-state index in [1.165, 1.54) is 18.7 Å². The van der Waals surface area contributed by atoms with Crippen LogP contribution in [0.2, 0.25) is 0 Å².